The fourth-order valence-corrected chi connectivity index (χ4v) is 2.63. The summed E-state index contributed by atoms with van der Waals surface area (Å²) in [6.45, 7) is 4.00. The van der Waals surface area contributed by atoms with Crippen molar-refractivity contribution in [3.05, 3.63) is 64.0 Å². The second kappa shape index (κ2) is 5.93. The van der Waals surface area contributed by atoms with Gasteiger partial charge in [-0.25, -0.2) is 4.98 Å². The van der Waals surface area contributed by atoms with Crippen molar-refractivity contribution in [2.24, 2.45) is 0 Å². The monoisotopic (exact) mass is 357 g/mol. The van der Waals surface area contributed by atoms with Gasteiger partial charge in [0.25, 0.3) is 0 Å². The Hall–Kier alpha value is -2.14. The Morgan fingerprint density at radius 1 is 1.27 bits per heavy atom. The van der Waals surface area contributed by atoms with Crippen LogP contribution in [0.5, 0.6) is 0 Å². The smallest absolute Gasteiger partial charge is 0.230 e. The highest BCUT2D eigenvalue weighted by molar-refractivity contribution is 9.10. The molecule has 5 heteroatoms. The lowest BCUT2D eigenvalue weighted by Gasteiger charge is -2.06. The molecule has 3 rings (SSSR count). The van der Waals surface area contributed by atoms with E-state index in [-0.39, 0.29) is 12.3 Å². The Morgan fingerprint density at radius 2 is 2.09 bits per heavy atom. The van der Waals surface area contributed by atoms with E-state index in [0.29, 0.717) is 0 Å². The molecule has 0 fully saturated rings. The van der Waals surface area contributed by atoms with E-state index in [0.717, 1.165) is 32.6 Å². The average molecular weight is 358 g/mol. The van der Waals surface area contributed by atoms with Gasteiger partial charge in [-0.15, -0.1) is 0 Å². The molecule has 0 spiro atoms. The van der Waals surface area contributed by atoms with E-state index >= 15 is 0 Å². The van der Waals surface area contributed by atoms with Crippen LogP contribution in [0.15, 0.2) is 47.2 Å². The van der Waals surface area contributed by atoms with Gasteiger partial charge in [-0.2, -0.15) is 0 Å². The molecule has 0 saturated carbocycles. The van der Waals surface area contributed by atoms with Crippen LogP contribution in [0.2, 0.25) is 0 Å². The van der Waals surface area contributed by atoms with Gasteiger partial charge in [0, 0.05) is 22.6 Å². The number of imidazole rings is 1. The Morgan fingerprint density at radius 3 is 2.82 bits per heavy atom. The average Bonchev–Trinajstić information content (AvgIpc) is 2.87. The van der Waals surface area contributed by atoms with Gasteiger partial charge in [0.15, 0.2) is 0 Å². The molecular formula is C17H16BrN3O. The summed E-state index contributed by atoms with van der Waals surface area (Å²) in [6.07, 6.45) is 4.10. The summed E-state index contributed by atoms with van der Waals surface area (Å²) in [6, 6.07) is 9.73. The molecule has 22 heavy (non-hydrogen) atoms. The van der Waals surface area contributed by atoms with Crippen LogP contribution in [0.25, 0.3) is 5.65 Å². The highest BCUT2D eigenvalue weighted by atomic mass is 79.9. The van der Waals surface area contributed by atoms with Crippen molar-refractivity contribution in [2.75, 3.05) is 5.32 Å². The van der Waals surface area contributed by atoms with Crippen molar-refractivity contribution in [1.82, 2.24) is 9.38 Å². The van der Waals surface area contributed by atoms with Gasteiger partial charge in [0.1, 0.15) is 5.65 Å². The number of aryl methyl sites for hydroxylation is 2. The maximum Gasteiger partial charge on any atom is 0.230 e. The number of benzene rings is 1. The van der Waals surface area contributed by atoms with Crippen molar-refractivity contribution in [2.45, 2.75) is 20.3 Å². The number of carbonyl (C=O) groups excluding carboxylic acids is 1. The summed E-state index contributed by atoms with van der Waals surface area (Å²) in [4.78, 5) is 16.7. The number of halogens is 1. The van der Waals surface area contributed by atoms with Crippen LogP contribution >= 0.6 is 15.9 Å². The van der Waals surface area contributed by atoms with Crippen LogP contribution in [-0.4, -0.2) is 15.3 Å². The van der Waals surface area contributed by atoms with Gasteiger partial charge in [0.2, 0.25) is 5.91 Å². The zero-order valence-electron chi connectivity index (χ0n) is 12.4. The highest BCUT2D eigenvalue weighted by Crippen LogP contribution is 2.20. The van der Waals surface area contributed by atoms with Gasteiger partial charge in [-0.05, 0) is 49.2 Å². The van der Waals surface area contributed by atoms with E-state index in [1.165, 1.54) is 0 Å². The molecule has 0 atom stereocenters. The standard InChI is InChI=1S/C17H16BrN3O/c1-11-4-3-7-21-10-14(20-17(11)21)9-16(22)19-13-5-6-15(18)12(2)8-13/h3-8,10H,9H2,1-2H3,(H,19,22). The molecular weight excluding hydrogens is 342 g/mol. The first-order chi connectivity index (χ1) is 10.5. The molecule has 0 saturated heterocycles. The molecule has 0 aliphatic carbocycles. The number of amides is 1. The third-order valence-electron chi connectivity index (χ3n) is 3.51. The van der Waals surface area contributed by atoms with Crippen molar-refractivity contribution in [1.29, 1.82) is 0 Å². The fourth-order valence-electron chi connectivity index (χ4n) is 2.38. The molecule has 1 aromatic carbocycles. The summed E-state index contributed by atoms with van der Waals surface area (Å²) in [7, 11) is 0. The van der Waals surface area contributed by atoms with Crippen LogP contribution < -0.4 is 5.32 Å². The molecule has 1 amide bonds. The highest BCUT2D eigenvalue weighted by Gasteiger charge is 2.09. The molecule has 0 radical (unpaired) electrons. The lowest BCUT2D eigenvalue weighted by atomic mass is 10.2. The zero-order valence-corrected chi connectivity index (χ0v) is 14.0. The molecule has 4 nitrogen and oxygen atoms in total. The van der Waals surface area contributed by atoms with Crippen LogP contribution in [0.3, 0.4) is 0 Å². The van der Waals surface area contributed by atoms with E-state index in [1.807, 2.05) is 61.0 Å². The summed E-state index contributed by atoms with van der Waals surface area (Å²) in [5.41, 5.74) is 4.63. The maximum absolute atomic E-state index is 12.2. The third-order valence-corrected chi connectivity index (χ3v) is 4.40. The molecule has 0 aliphatic heterocycles. The minimum atomic E-state index is -0.0669. The van der Waals surface area contributed by atoms with Gasteiger partial charge in [0.05, 0.1) is 12.1 Å². The van der Waals surface area contributed by atoms with E-state index in [1.54, 1.807) is 0 Å². The van der Waals surface area contributed by atoms with E-state index in [4.69, 9.17) is 0 Å². The predicted octanol–water partition coefficient (Wildman–Crippen LogP) is 3.89. The lowest BCUT2D eigenvalue weighted by molar-refractivity contribution is -0.115. The fraction of sp³-hybridized carbons (Fsp3) is 0.176. The number of hydrogen-bond donors (Lipinski definition) is 1. The number of anilines is 1. The molecule has 3 aromatic rings. The predicted molar refractivity (Wildman–Crippen MR) is 91.1 cm³/mol. The van der Waals surface area contributed by atoms with Crippen molar-refractivity contribution in [3.63, 3.8) is 0 Å². The number of hydrogen-bond acceptors (Lipinski definition) is 2. The van der Waals surface area contributed by atoms with Gasteiger partial charge >= 0.3 is 0 Å². The molecule has 2 aromatic heterocycles. The van der Waals surface area contributed by atoms with E-state index in [9.17, 15) is 4.79 Å². The molecule has 0 unspecified atom stereocenters. The summed E-state index contributed by atoms with van der Waals surface area (Å²) in [5.74, 6) is -0.0669. The maximum atomic E-state index is 12.2. The first kappa shape index (κ1) is 14.8. The van der Waals surface area contributed by atoms with Crippen molar-refractivity contribution >= 4 is 33.2 Å². The van der Waals surface area contributed by atoms with E-state index < -0.39 is 0 Å². The van der Waals surface area contributed by atoms with Crippen LogP contribution in [0.1, 0.15) is 16.8 Å². The number of pyridine rings is 1. The third kappa shape index (κ3) is 3.04. The molecule has 0 bridgehead atoms. The summed E-state index contributed by atoms with van der Waals surface area (Å²) >= 11 is 3.45. The number of nitrogens with one attached hydrogen (secondary N) is 1. The van der Waals surface area contributed by atoms with Gasteiger partial charge in [-0.3, -0.25) is 4.79 Å². The van der Waals surface area contributed by atoms with Crippen molar-refractivity contribution in [3.8, 4) is 0 Å². The normalized spacial score (nSPS) is 10.9. The topological polar surface area (TPSA) is 46.4 Å². The van der Waals surface area contributed by atoms with Gasteiger partial charge < -0.3 is 9.72 Å². The summed E-state index contributed by atoms with van der Waals surface area (Å²) in [5, 5.41) is 2.91. The van der Waals surface area contributed by atoms with Crippen LogP contribution in [-0.2, 0) is 11.2 Å². The number of fused-ring (bicyclic) bond motifs is 1. The number of nitrogens with zero attached hydrogens (tertiary/aromatic N) is 2. The second-order valence-electron chi connectivity index (χ2n) is 5.34. The zero-order chi connectivity index (χ0) is 15.7. The Labute approximate surface area is 137 Å². The quantitative estimate of drug-likeness (QED) is 0.772. The number of rotatable bonds is 3. The van der Waals surface area contributed by atoms with Crippen LogP contribution in [0, 0.1) is 13.8 Å². The molecule has 0 aliphatic rings. The second-order valence-corrected chi connectivity index (χ2v) is 6.20. The molecule has 2 heterocycles. The van der Waals surface area contributed by atoms with Gasteiger partial charge in [-0.1, -0.05) is 22.0 Å². The first-order valence-corrected chi connectivity index (χ1v) is 7.81. The largest absolute Gasteiger partial charge is 0.326 e. The van der Waals surface area contributed by atoms with Crippen molar-refractivity contribution < 1.29 is 4.79 Å². The Bertz CT molecular complexity index is 854. The molecule has 1 N–H and O–H groups in total. The van der Waals surface area contributed by atoms with Crippen LogP contribution in [0.4, 0.5) is 5.69 Å². The Balaban J connectivity index is 1.75. The number of aromatic nitrogens is 2. The molecule has 112 valence electrons. The first-order valence-electron chi connectivity index (χ1n) is 7.02. The lowest BCUT2D eigenvalue weighted by Crippen LogP contribution is -2.14. The Kier molecular flexibility index (Phi) is 3.98. The summed E-state index contributed by atoms with van der Waals surface area (Å²) < 4.78 is 2.98. The minimum absolute atomic E-state index is 0.0669. The SMILES string of the molecule is Cc1cc(NC(=O)Cc2cn3cccc(C)c3n2)ccc1Br. The van der Waals surface area contributed by atoms with E-state index in [2.05, 4.69) is 26.2 Å². The minimum Gasteiger partial charge on any atom is -0.326 e. The number of carbonyl (C=O) groups is 1.